The number of anilines is 1. The van der Waals surface area contributed by atoms with E-state index in [1.807, 2.05) is 0 Å². The van der Waals surface area contributed by atoms with Crippen LogP contribution in [0.1, 0.15) is 10.5 Å². The third-order valence-corrected chi connectivity index (χ3v) is 4.53. The molecule has 0 spiro atoms. The van der Waals surface area contributed by atoms with E-state index in [1.165, 1.54) is 45.0 Å². The molecule has 3 heterocycles. The zero-order valence-corrected chi connectivity index (χ0v) is 12.8. The molecule has 0 aliphatic carbocycles. The summed E-state index contributed by atoms with van der Waals surface area (Å²) in [5, 5.41) is 20.9. The Labute approximate surface area is 132 Å². The maximum Gasteiger partial charge on any atom is 0.280 e. The number of aryl methyl sites for hydroxylation is 1. The molecule has 1 N–H and O–H groups in total. The van der Waals surface area contributed by atoms with Crippen LogP contribution in [0.3, 0.4) is 0 Å². The topological polar surface area (TPSA) is 103 Å². The van der Waals surface area contributed by atoms with Crippen molar-refractivity contribution in [3.63, 3.8) is 0 Å². The zero-order chi connectivity index (χ0) is 15.7. The van der Waals surface area contributed by atoms with Crippen LogP contribution in [-0.2, 0) is 7.05 Å². The standard InChI is InChI=1S/C12H9N5O3S2/c1-16-9(2-3-13-16)11(18)15-12-14-8(6-22-12)10-4-7(5-21-10)17(19)20/h2-6H,1H3,(H,14,15,18). The Bertz CT molecular complexity index is 850. The molecule has 1 amide bonds. The number of nitrogens with one attached hydrogen (secondary N) is 1. The van der Waals surface area contributed by atoms with Crippen molar-refractivity contribution in [2.24, 2.45) is 7.05 Å². The molecule has 10 heteroatoms. The predicted octanol–water partition coefficient (Wildman–Crippen LogP) is 2.77. The van der Waals surface area contributed by atoms with Crippen LogP contribution in [0, 0.1) is 10.1 Å². The second-order valence-corrected chi connectivity index (χ2v) is 6.03. The number of carbonyl (C=O) groups is 1. The zero-order valence-electron chi connectivity index (χ0n) is 11.2. The van der Waals surface area contributed by atoms with Crippen molar-refractivity contribution >= 4 is 39.4 Å². The lowest BCUT2D eigenvalue weighted by Crippen LogP contribution is -2.15. The minimum Gasteiger partial charge on any atom is -0.296 e. The molecule has 0 fully saturated rings. The van der Waals surface area contributed by atoms with Crippen LogP contribution in [0.25, 0.3) is 10.6 Å². The van der Waals surface area contributed by atoms with Crippen molar-refractivity contribution in [2.45, 2.75) is 0 Å². The van der Waals surface area contributed by atoms with Gasteiger partial charge in [-0.2, -0.15) is 5.10 Å². The summed E-state index contributed by atoms with van der Waals surface area (Å²) in [6.07, 6.45) is 1.53. The highest BCUT2D eigenvalue weighted by molar-refractivity contribution is 7.16. The van der Waals surface area contributed by atoms with E-state index in [4.69, 9.17) is 0 Å². The van der Waals surface area contributed by atoms with Gasteiger partial charge >= 0.3 is 0 Å². The molecular formula is C12H9N5O3S2. The average Bonchev–Trinajstić information content (AvgIpc) is 3.16. The highest BCUT2D eigenvalue weighted by Gasteiger charge is 2.15. The second-order valence-electron chi connectivity index (χ2n) is 4.26. The Morgan fingerprint density at radius 2 is 2.23 bits per heavy atom. The van der Waals surface area contributed by atoms with Gasteiger partial charge in [0.05, 0.1) is 20.9 Å². The minimum atomic E-state index is -0.447. The van der Waals surface area contributed by atoms with E-state index in [-0.39, 0.29) is 11.6 Å². The molecule has 8 nitrogen and oxygen atoms in total. The lowest BCUT2D eigenvalue weighted by atomic mass is 10.3. The Balaban J connectivity index is 1.77. The third-order valence-electron chi connectivity index (χ3n) is 2.83. The van der Waals surface area contributed by atoms with Crippen molar-refractivity contribution in [3.8, 4) is 10.6 Å². The Morgan fingerprint density at radius 3 is 2.86 bits per heavy atom. The quantitative estimate of drug-likeness (QED) is 0.583. The van der Waals surface area contributed by atoms with Gasteiger partial charge in [0.15, 0.2) is 5.13 Å². The normalized spacial score (nSPS) is 10.6. The SMILES string of the molecule is Cn1nccc1C(=O)Nc1nc(-c2cc([N+](=O)[O-])cs2)cs1. The predicted molar refractivity (Wildman–Crippen MR) is 83.2 cm³/mol. The molecule has 0 bridgehead atoms. The number of nitrogens with zero attached hydrogens (tertiary/aromatic N) is 4. The van der Waals surface area contributed by atoms with Gasteiger partial charge in [0, 0.05) is 24.7 Å². The summed E-state index contributed by atoms with van der Waals surface area (Å²) >= 11 is 2.50. The fraction of sp³-hybridized carbons (Fsp3) is 0.0833. The molecule has 0 radical (unpaired) electrons. The van der Waals surface area contributed by atoms with Crippen LogP contribution in [0.5, 0.6) is 0 Å². The lowest BCUT2D eigenvalue weighted by molar-refractivity contribution is -0.384. The highest BCUT2D eigenvalue weighted by Crippen LogP contribution is 2.32. The van der Waals surface area contributed by atoms with Gasteiger partial charge in [-0.25, -0.2) is 4.98 Å². The molecule has 0 unspecified atom stereocenters. The maximum atomic E-state index is 12.0. The van der Waals surface area contributed by atoms with Gasteiger partial charge in [0.1, 0.15) is 5.69 Å². The van der Waals surface area contributed by atoms with Crippen LogP contribution in [0.15, 0.2) is 29.1 Å². The van der Waals surface area contributed by atoms with Gasteiger partial charge in [-0.3, -0.25) is 24.9 Å². The highest BCUT2D eigenvalue weighted by atomic mass is 32.1. The fourth-order valence-corrected chi connectivity index (χ4v) is 3.35. The maximum absolute atomic E-state index is 12.0. The molecule has 0 aliphatic heterocycles. The number of thiophene rings is 1. The number of carbonyl (C=O) groups excluding carboxylic acids is 1. The summed E-state index contributed by atoms with van der Waals surface area (Å²) in [5.41, 5.74) is 1.06. The summed E-state index contributed by atoms with van der Waals surface area (Å²) in [4.78, 5) is 27.2. The van der Waals surface area contributed by atoms with Gasteiger partial charge in [-0.05, 0) is 6.07 Å². The number of hydrogen-bond acceptors (Lipinski definition) is 7. The monoisotopic (exact) mass is 335 g/mol. The summed E-state index contributed by atoms with van der Waals surface area (Å²) < 4.78 is 1.46. The summed E-state index contributed by atoms with van der Waals surface area (Å²) in [6.45, 7) is 0. The first-order chi connectivity index (χ1) is 10.5. The van der Waals surface area contributed by atoms with Gasteiger partial charge in [-0.1, -0.05) is 0 Å². The molecule has 0 saturated carbocycles. The molecule has 0 aliphatic rings. The Morgan fingerprint density at radius 1 is 1.41 bits per heavy atom. The fourth-order valence-electron chi connectivity index (χ4n) is 1.76. The summed E-state index contributed by atoms with van der Waals surface area (Å²) in [5.74, 6) is -0.307. The van der Waals surface area contributed by atoms with E-state index in [9.17, 15) is 14.9 Å². The van der Waals surface area contributed by atoms with Crippen LogP contribution < -0.4 is 5.32 Å². The largest absolute Gasteiger partial charge is 0.296 e. The van der Waals surface area contributed by atoms with E-state index in [0.29, 0.717) is 21.4 Å². The number of hydrogen-bond donors (Lipinski definition) is 1. The number of amides is 1. The Kier molecular flexibility index (Phi) is 3.69. The first-order valence-electron chi connectivity index (χ1n) is 6.03. The molecule has 22 heavy (non-hydrogen) atoms. The van der Waals surface area contributed by atoms with E-state index in [0.717, 1.165) is 0 Å². The van der Waals surface area contributed by atoms with Crippen LogP contribution in [-0.4, -0.2) is 25.6 Å². The van der Waals surface area contributed by atoms with Crippen molar-refractivity contribution < 1.29 is 9.72 Å². The van der Waals surface area contributed by atoms with Gasteiger partial charge in [0.25, 0.3) is 11.6 Å². The third kappa shape index (κ3) is 2.73. The van der Waals surface area contributed by atoms with Gasteiger partial charge in [0.2, 0.25) is 0 Å². The smallest absolute Gasteiger partial charge is 0.280 e. The molecule has 3 aromatic heterocycles. The van der Waals surface area contributed by atoms with Gasteiger partial charge < -0.3 is 0 Å². The Hall–Kier alpha value is -2.59. The number of thiazole rings is 1. The first-order valence-corrected chi connectivity index (χ1v) is 7.78. The molecular weight excluding hydrogens is 326 g/mol. The number of aromatic nitrogens is 3. The summed E-state index contributed by atoms with van der Waals surface area (Å²) in [7, 11) is 1.67. The van der Waals surface area contributed by atoms with Crippen LogP contribution >= 0.6 is 22.7 Å². The lowest BCUT2D eigenvalue weighted by Gasteiger charge is -2.01. The van der Waals surface area contributed by atoms with Gasteiger partial charge in [-0.15, -0.1) is 22.7 Å². The molecule has 3 aromatic rings. The van der Waals surface area contributed by atoms with E-state index in [2.05, 4.69) is 15.4 Å². The van der Waals surface area contributed by atoms with E-state index in [1.54, 1.807) is 18.5 Å². The molecule has 112 valence electrons. The summed E-state index contributed by atoms with van der Waals surface area (Å²) in [6, 6.07) is 3.07. The molecule has 3 rings (SSSR count). The minimum absolute atomic E-state index is 0.0356. The van der Waals surface area contributed by atoms with Crippen molar-refractivity contribution in [3.05, 3.63) is 44.9 Å². The van der Waals surface area contributed by atoms with Crippen molar-refractivity contribution in [1.82, 2.24) is 14.8 Å². The number of rotatable bonds is 4. The van der Waals surface area contributed by atoms with E-state index < -0.39 is 4.92 Å². The van der Waals surface area contributed by atoms with Crippen LogP contribution in [0.2, 0.25) is 0 Å². The van der Waals surface area contributed by atoms with Crippen LogP contribution in [0.4, 0.5) is 10.8 Å². The van der Waals surface area contributed by atoms with Crippen molar-refractivity contribution in [1.29, 1.82) is 0 Å². The van der Waals surface area contributed by atoms with E-state index >= 15 is 0 Å². The number of nitro groups is 1. The molecule has 0 saturated heterocycles. The second kappa shape index (κ2) is 5.66. The molecule has 0 aromatic carbocycles. The average molecular weight is 335 g/mol. The van der Waals surface area contributed by atoms with Crippen molar-refractivity contribution in [2.75, 3.05) is 5.32 Å². The molecule has 0 atom stereocenters. The first kappa shape index (κ1) is 14.4.